The van der Waals surface area contributed by atoms with E-state index >= 15 is 0 Å². The maximum Gasteiger partial charge on any atom is 0.200 e. The van der Waals surface area contributed by atoms with E-state index < -0.39 is 0 Å². The van der Waals surface area contributed by atoms with Gasteiger partial charge in [0, 0.05) is 10.6 Å². The van der Waals surface area contributed by atoms with Crippen molar-refractivity contribution < 1.29 is 4.74 Å². The van der Waals surface area contributed by atoms with Crippen LogP contribution in [0.2, 0.25) is 5.02 Å². The number of nitrogens with zero attached hydrogens (tertiary/aromatic N) is 7. The Labute approximate surface area is 180 Å². The second kappa shape index (κ2) is 7.77. The van der Waals surface area contributed by atoms with Crippen molar-refractivity contribution in [2.75, 3.05) is 7.11 Å². The smallest absolute Gasteiger partial charge is 0.200 e. The number of halogens is 1. The fourth-order valence-electron chi connectivity index (χ4n) is 3.06. The first kappa shape index (κ1) is 18.6. The lowest BCUT2D eigenvalue weighted by molar-refractivity contribution is 0.412. The Morgan fingerprint density at radius 1 is 1.00 bits per heavy atom. The highest BCUT2D eigenvalue weighted by Gasteiger charge is 2.18. The van der Waals surface area contributed by atoms with E-state index in [4.69, 9.17) is 16.3 Å². The molecule has 0 spiro atoms. The zero-order valence-electron chi connectivity index (χ0n) is 15.7. The summed E-state index contributed by atoms with van der Waals surface area (Å²) in [6.45, 7) is 0. The van der Waals surface area contributed by atoms with Crippen LogP contribution >= 0.6 is 23.4 Å². The van der Waals surface area contributed by atoms with Gasteiger partial charge in [-0.1, -0.05) is 35.9 Å². The maximum absolute atomic E-state index is 6.08. The molecule has 10 heteroatoms. The van der Waals surface area contributed by atoms with Crippen molar-refractivity contribution in [1.82, 2.24) is 34.8 Å². The predicted octanol–water partition coefficient (Wildman–Crippen LogP) is 4.19. The molecule has 5 aromatic rings. The molecule has 0 aliphatic heterocycles. The topological polar surface area (TPSA) is 83.0 Å². The molecule has 0 aliphatic carbocycles. The van der Waals surface area contributed by atoms with Crippen LogP contribution in [0.3, 0.4) is 0 Å². The molecule has 3 aromatic heterocycles. The van der Waals surface area contributed by atoms with E-state index in [1.165, 1.54) is 16.4 Å². The van der Waals surface area contributed by atoms with E-state index in [-0.39, 0.29) is 0 Å². The van der Waals surface area contributed by atoms with Gasteiger partial charge in [-0.3, -0.25) is 4.57 Å². The van der Waals surface area contributed by atoms with Gasteiger partial charge in [0.05, 0.1) is 24.7 Å². The van der Waals surface area contributed by atoms with Crippen molar-refractivity contribution in [3.05, 3.63) is 71.9 Å². The third-order valence-corrected chi connectivity index (χ3v) is 5.59. The van der Waals surface area contributed by atoms with Crippen LogP contribution in [0.1, 0.15) is 0 Å². The van der Waals surface area contributed by atoms with E-state index in [0.29, 0.717) is 15.7 Å². The van der Waals surface area contributed by atoms with Gasteiger partial charge in [-0.25, -0.2) is 4.98 Å². The van der Waals surface area contributed by atoms with Gasteiger partial charge in [0.1, 0.15) is 10.8 Å². The molecule has 0 N–H and O–H groups in total. The molecule has 8 nitrogen and oxygen atoms in total. The van der Waals surface area contributed by atoms with Crippen molar-refractivity contribution in [1.29, 1.82) is 0 Å². The summed E-state index contributed by atoms with van der Waals surface area (Å²) in [5.74, 6) is 0.733. The summed E-state index contributed by atoms with van der Waals surface area (Å²) in [6, 6.07) is 19.1. The lowest BCUT2D eigenvalue weighted by Gasteiger charge is -2.15. The fraction of sp³-hybridized carbons (Fsp3) is 0.0500. The number of imidazole rings is 1. The number of ether oxygens (including phenoxy) is 1. The van der Waals surface area contributed by atoms with Crippen LogP contribution in [0, 0.1) is 0 Å². The number of benzene rings is 2. The van der Waals surface area contributed by atoms with Crippen molar-refractivity contribution in [3.63, 3.8) is 0 Å². The van der Waals surface area contributed by atoms with Crippen LogP contribution in [0.5, 0.6) is 5.75 Å². The number of hydrogen-bond donors (Lipinski definition) is 0. The maximum atomic E-state index is 6.08. The summed E-state index contributed by atoms with van der Waals surface area (Å²) < 4.78 is 9.03. The van der Waals surface area contributed by atoms with Crippen LogP contribution in [0.15, 0.2) is 77.0 Å². The standard InChI is InChI=1S/C20H14ClN7OS/c1-29-17-5-3-2-4-15(17)27-16(13-6-8-14(21)9-7-13)12-22-20(27)30-19-11-10-18-23-25-26-28(18)24-19/h2-12H,1H3. The molecular formula is C20H14ClN7OS. The summed E-state index contributed by atoms with van der Waals surface area (Å²) in [6.07, 6.45) is 1.83. The summed E-state index contributed by atoms with van der Waals surface area (Å²) in [4.78, 5) is 4.67. The van der Waals surface area contributed by atoms with E-state index in [1.807, 2.05) is 71.4 Å². The summed E-state index contributed by atoms with van der Waals surface area (Å²) in [5, 5.41) is 17.9. The third kappa shape index (κ3) is 3.38. The van der Waals surface area contributed by atoms with Crippen molar-refractivity contribution in [2.24, 2.45) is 0 Å². The SMILES string of the molecule is COc1ccccc1-n1c(-c2ccc(Cl)cc2)cnc1Sc1ccc2nnnn2n1. The van der Waals surface area contributed by atoms with Gasteiger partial charge in [-0.2, -0.15) is 0 Å². The molecule has 30 heavy (non-hydrogen) atoms. The molecule has 3 heterocycles. The molecule has 0 atom stereocenters. The number of methoxy groups -OCH3 is 1. The Bertz CT molecular complexity index is 1330. The van der Waals surface area contributed by atoms with Crippen LogP contribution in [0.25, 0.3) is 22.6 Å². The highest BCUT2D eigenvalue weighted by Crippen LogP contribution is 2.36. The molecule has 0 radical (unpaired) electrons. The van der Waals surface area contributed by atoms with Crippen LogP contribution < -0.4 is 4.74 Å². The number of aromatic nitrogens is 7. The minimum absolute atomic E-state index is 0.578. The van der Waals surface area contributed by atoms with Crippen molar-refractivity contribution in [3.8, 4) is 22.7 Å². The quantitative estimate of drug-likeness (QED) is 0.409. The summed E-state index contributed by atoms with van der Waals surface area (Å²) in [7, 11) is 1.65. The molecule has 148 valence electrons. The largest absolute Gasteiger partial charge is 0.495 e. The molecule has 2 aromatic carbocycles. The molecule has 0 saturated heterocycles. The minimum atomic E-state index is 0.578. The average molecular weight is 436 g/mol. The van der Waals surface area contributed by atoms with E-state index in [1.54, 1.807) is 7.11 Å². The molecule has 0 amide bonds. The third-order valence-electron chi connectivity index (χ3n) is 4.44. The Morgan fingerprint density at radius 3 is 2.67 bits per heavy atom. The van der Waals surface area contributed by atoms with Crippen molar-refractivity contribution in [2.45, 2.75) is 10.2 Å². The van der Waals surface area contributed by atoms with Gasteiger partial charge in [-0.05, 0) is 58.6 Å². The second-order valence-corrected chi connectivity index (χ2v) is 7.66. The first-order valence-electron chi connectivity index (χ1n) is 8.93. The predicted molar refractivity (Wildman–Crippen MR) is 113 cm³/mol. The molecule has 0 aliphatic rings. The normalized spacial score (nSPS) is 11.1. The Balaban J connectivity index is 1.65. The Hall–Kier alpha value is -3.43. The molecule has 0 saturated carbocycles. The molecule has 0 unspecified atom stereocenters. The fourth-order valence-corrected chi connectivity index (χ4v) is 4.02. The molecule has 0 fully saturated rings. The highest BCUT2D eigenvalue weighted by molar-refractivity contribution is 7.99. The van der Waals surface area contributed by atoms with Crippen LogP contribution in [-0.4, -0.2) is 41.9 Å². The van der Waals surface area contributed by atoms with Gasteiger partial charge in [0.15, 0.2) is 10.8 Å². The average Bonchev–Trinajstić information content (AvgIpc) is 3.41. The van der Waals surface area contributed by atoms with Gasteiger partial charge >= 0.3 is 0 Å². The number of para-hydroxylation sites is 2. The number of tetrazole rings is 1. The molecule has 5 rings (SSSR count). The molecular weight excluding hydrogens is 422 g/mol. The van der Waals surface area contributed by atoms with Crippen LogP contribution in [0.4, 0.5) is 0 Å². The first-order chi connectivity index (χ1) is 14.7. The van der Waals surface area contributed by atoms with Gasteiger partial charge in [-0.15, -0.1) is 14.8 Å². The lowest BCUT2D eigenvalue weighted by atomic mass is 10.1. The number of fused-ring (bicyclic) bond motifs is 1. The summed E-state index contributed by atoms with van der Waals surface area (Å²) in [5.41, 5.74) is 3.33. The van der Waals surface area contributed by atoms with Gasteiger partial charge < -0.3 is 4.74 Å². The second-order valence-electron chi connectivity index (χ2n) is 6.24. The van der Waals surface area contributed by atoms with Crippen LogP contribution in [-0.2, 0) is 0 Å². The molecule has 0 bridgehead atoms. The first-order valence-corrected chi connectivity index (χ1v) is 10.1. The zero-order chi connectivity index (χ0) is 20.5. The minimum Gasteiger partial charge on any atom is -0.495 e. The summed E-state index contributed by atoms with van der Waals surface area (Å²) >= 11 is 7.49. The van der Waals surface area contributed by atoms with Crippen molar-refractivity contribution >= 4 is 29.0 Å². The number of hydrogen-bond acceptors (Lipinski definition) is 7. The van der Waals surface area contributed by atoms with E-state index in [2.05, 4.69) is 25.6 Å². The lowest BCUT2D eigenvalue weighted by Crippen LogP contribution is -2.02. The number of rotatable bonds is 5. The monoisotopic (exact) mass is 435 g/mol. The Kier molecular flexibility index (Phi) is 4.82. The van der Waals surface area contributed by atoms with E-state index in [0.717, 1.165) is 27.9 Å². The van der Waals surface area contributed by atoms with E-state index in [9.17, 15) is 0 Å². The Morgan fingerprint density at radius 2 is 1.83 bits per heavy atom. The van der Waals surface area contributed by atoms with Gasteiger partial charge in [0.2, 0.25) is 0 Å². The van der Waals surface area contributed by atoms with Gasteiger partial charge in [0.25, 0.3) is 0 Å². The highest BCUT2D eigenvalue weighted by atomic mass is 35.5. The zero-order valence-corrected chi connectivity index (χ0v) is 17.2.